The Morgan fingerprint density at radius 3 is 2.85 bits per heavy atom. The number of carbonyl (C=O) groups excluding carboxylic acids is 2. The number of rotatable bonds is 4. The Labute approximate surface area is 150 Å². The SMILES string of the molecule is COc1ccc2cc(C(=O)Nc3cccc(N4CCCC4=O)c3)[nH]c2c1. The number of ether oxygens (including phenoxy) is 1. The number of fused-ring (bicyclic) bond motifs is 1. The molecule has 0 bridgehead atoms. The highest BCUT2D eigenvalue weighted by atomic mass is 16.5. The zero-order chi connectivity index (χ0) is 18.1. The Morgan fingerprint density at radius 1 is 1.19 bits per heavy atom. The fourth-order valence-corrected chi connectivity index (χ4v) is 3.23. The topological polar surface area (TPSA) is 74.4 Å². The molecule has 1 saturated heterocycles. The molecular weight excluding hydrogens is 330 g/mol. The quantitative estimate of drug-likeness (QED) is 0.756. The van der Waals surface area contributed by atoms with E-state index < -0.39 is 0 Å². The van der Waals surface area contributed by atoms with Gasteiger partial charge in [0.2, 0.25) is 5.91 Å². The number of carbonyl (C=O) groups is 2. The molecule has 1 fully saturated rings. The van der Waals surface area contributed by atoms with Crippen LogP contribution in [0.15, 0.2) is 48.5 Å². The Bertz CT molecular complexity index is 993. The van der Waals surface area contributed by atoms with Crippen molar-refractivity contribution >= 4 is 34.1 Å². The van der Waals surface area contributed by atoms with Gasteiger partial charge in [0.25, 0.3) is 5.91 Å². The summed E-state index contributed by atoms with van der Waals surface area (Å²) in [5, 5.41) is 3.82. The van der Waals surface area contributed by atoms with Crippen molar-refractivity contribution in [3.8, 4) is 5.75 Å². The van der Waals surface area contributed by atoms with E-state index in [1.54, 1.807) is 18.1 Å². The van der Waals surface area contributed by atoms with E-state index in [-0.39, 0.29) is 11.8 Å². The highest BCUT2D eigenvalue weighted by molar-refractivity contribution is 6.06. The lowest BCUT2D eigenvalue weighted by molar-refractivity contribution is -0.117. The second kappa shape index (κ2) is 6.55. The lowest BCUT2D eigenvalue weighted by atomic mass is 10.2. The molecule has 6 heteroatoms. The predicted molar refractivity (Wildman–Crippen MR) is 101 cm³/mol. The van der Waals surface area contributed by atoms with Gasteiger partial charge in [0, 0.05) is 41.3 Å². The maximum atomic E-state index is 12.6. The standard InChI is InChI=1S/C20H19N3O3/c1-26-16-8-7-13-10-18(22-17(13)12-16)20(25)21-14-4-2-5-15(11-14)23-9-3-6-19(23)24/h2,4-5,7-8,10-12,22H,3,6,9H2,1H3,(H,21,25). The average molecular weight is 349 g/mol. The lowest BCUT2D eigenvalue weighted by Gasteiger charge is -2.16. The van der Waals surface area contributed by atoms with Crippen LogP contribution in [0.5, 0.6) is 5.75 Å². The fourth-order valence-electron chi connectivity index (χ4n) is 3.23. The smallest absolute Gasteiger partial charge is 0.272 e. The van der Waals surface area contributed by atoms with E-state index in [2.05, 4.69) is 10.3 Å². The van der Waals surface area contributed by atoms with Gasteiger partial charge in [-0.25, -0.2) is 0 Å². The van der Waals surface area contributed by atoms with Crippen molar-refractivity contribution < 1.29 is 14.3 Å². The first kappa shape index (κ1) is 16.2. The summed E-state index contributed by atoms with van der Waals surface area (Å²) in [6.07, 6.45) is 1.45. The minimum Gasteiger partial charge on any atom is -0.497 e. The monoisotopic (exact) mass is 349 g/mol. The zero-order valence-corrected chi connectivity index (χ0v) is 14.4. The van der Waals surface area contributed by atoms with Crippen LogP contribution in [0.25, 0.3) is 10.9 Å². The number of anilines is 2. The molecule has 26 heavy (non-hydrogen) atoms. The minimum absolute atomic E-state index is 0.123. The number of aromatic amines is 1. The number of nitrogens with zero attached hydrogens (tertiary/aromatic N) is 1. The van der Waals surface area contributed by atoms with E-state index in [0.29, 0.717) is 17.8 Å². The molecule has 0 spiro atoms. The van der Waals surface area contributed by atoms with Crippen LogP contribution in [0.4, 0.5) is 11.4 Å². The number of nitrogens with one attached hydrogen (secondary N) is 2. The van der Waals surface area contributed by atoms with Crippen molar-refractivity contribution in [1.29, 1.82) is 0 Å². The summed E-state index contributed by atoms with van der Waals surface area (Å²) in [7, 11) is 1.61. The second-order valence-electron chi connectivity index (χ2n) is 6.29. The molecule has 2 amide bonds. The van der Waals surface area contributed by atoms with Gasteiger partial charge in [-0.2, -0.15) is 0 Å². The molecule has 1 aliphatic rings. The molecule has 1 aliphatic heterocycles. The maximum Gasteiger partial charge on any atom is 0.272 e. The molecule has 0 unspecified atom stereocenters. The lowest BCUT2D eigenvalue weighted by Crippen LogP contribution is -2.23. The Morgan fingerprint density at radius 2 is 2.08 bits per heavy atom. The van der Waals surface area contributed by atoms with Crippen LogP contribution < -0.4 is 15.0 Å². The number of aromatic nitrogens is 1. The third kappa shape index (κ3) is 3.01. The summed E-state index contributed by atoms with van der Waals surface area (Å²) >= 11 is 0. The molecule has 0 saturated carbocycles. The molecule has 6 nitrogen and oxygen atoms in total. The van der Waals surface area contributed by atoms with Crippen LogP contribution in [0, 0.1) is 0 Å². The Kier molecular flexibility index (Phi) is 4.08. The first-order valence-electron chi connectivity index (χ1n) is 8.52. The molecule has 2 heterocycles. The molecular formula is C20H19N3O3. The third-order valence-corrected chi connectivity index (χ3v) is 4.56. The summed E-state index contributed by atoms with van der Waals surface area (Å²) in [6, 6.07) is 14.8. The van der Waals surface area contributed by atoms with Crippen molar-refractivity contribution in [2.45, 2.75) is 12.8 Å². The molecule has 2 N–H and O–H groups in total. The van der Waals surface area contributed by atoms with Crippen LogP contribution in [0.2, 0.25) is 0 Å². The van der Waals surface area contributed by atoms with Crippen LogP contribution in [0.3, 0.4) is 0 Å². The van der Waals surface area contributed by atoms with Crippen molar-refractivity contribution in [2.24, 2.45) is 0 Å². The van der Waals surface area contributed by atoms with Crippen molar-refractivity contribution in [1.82, 2.24) is 4.98 Å². The molecule has 3 aromatic rings. The normalized spacial score (nSPS) is 14.0. The van der Waals surface area contributed by atoms with E-state index in [0.717, 1.165) is 35.3 Å². The second-order valence-corrected chi connectivity index (χ2v) is 6.29. The Balaban J connectivity index is 1.55. The minimum atomic E-state index is -0.231. The van der Waals surface area contributed by atoms with Gasteiger partial charge in [-0.15, -0.1) is 0 Å². The van der Waals surface area contributed by atoms with Crippen LogP contribution in [-0.4, -0.2) is 30.5 Å². The number of methoxy groups -OCH3 is 1. The summed E-state index contributed by atoms with van der Waals surface area (Å²) in [5.41, 5.74) is 2.77. The van der Waals surface area contributed by atoms with E-state index >= 15 is 0 Å². The highest BCUT2D eigenvalue weighted by Gasteiger charge is 2.22. The maximum absolute atomic E-state index is 12.6. The first-order chi connectivity index (χ1) is 12.6. The van der Waals surface area contributed by atoms with Gasteiger partial charge in [-0.1, -0.05) is 6.07 Å². The molecule has 2 aromatic carbocycles. The van der Waals surface area contributed by atoms with Crippen molar-refractivity contribution in [2.75, 3.05) is 23.9 Å². The molecule has 0 radical (unpaired) electrons. The van der Waals surface area contributed by atoms with Gasteiger partial charge in [-0.05, 0) is 42.8 Å². The summed E-state index contributed by atoms with van der Waals surface area (Å²) in [6.45, 7) is 0.722. The summed E-state index contributed by atoms with van der Waals surface area (Å²) in [5.74, 6) is 0.623. The van der Waals surface area contributed by atoms with E-state index in [4.69, 9.17) is 4.74 Å². The first-order valence-corrected chi connectivity index (χ1v) is 8.52. The van der Waals surface area contributed by atoms with E-state index in [1.807, 2.05) is 42.5 Å². The van der Waals surface area contributed by atoms with E-state index in [9.17, 15) is 9.59 Å². The fraction of sp³-hybridized carbons (Fsp3) is 0.200. The van der Waals surface area contributed by atoms with Gasteiger partial charge in [0.15, 0.2) is 0 Å². The molecule has 132 valence electrons. The van der Waals surface area contributed by atoms with Gasteiger partial charge in [0.05, 0.1) is 7.11 Å². The summed E-state index contributed by atoms with van der Waals surface area (Å²) in [4.78, 5) is 29.4. The van der Waals surface area contributed by atoms with Gasteiger partial charge in [0.1, 0.15) is 11.4 Å². The van der Waals surface area contributed by atoms with Gasteiger partial charge < -0.3 is 19.9 Å². The number of amides is 2. The van der Waals surface area contributed by atoms with E-state index in [1.165, 1.54) is 0 Å². The van der Waals surface area contributed by atoms with Gasteiger partial charge in [-0.3, -0.25) is 9.59 Å². The highest BCUT2D eigenvalue weighted by Crippen LogP contribution is 2.25. The largest absolute Gasteiger partial charge is 0.497 e. The molecule has 4 rings (SSSR count). The third-order valence-electron chi connectivity index (χ3n) is 4.56. The number of hydrogen-bond donors (Lipinski definition) is 2. The number of benzene rings is 2. The van der Waals surface area contributed by atoms with Crippen LogP contribution in [0.1, 0.15) is 23.3 Å². The average Bonchev–Trinajstić information content (AvgIpc) is 3.27. The van der Waals surface area contributed by atoms with Gasteiger partial charge >= 0.3 is 0 Å². The van der Waals surface area contributed by atoms with Crippen LogP contribution in [-0.2, 0) is 4.79 Å². The van der Waals surface area contributed by atoms with Crippen LogP contribution >= 0.6 is 0 Å². The number of hydrogen-bond acceptors (Lipinski definition) is 3. The molecule has 0 aliphatic carbocycles. The Hall–Kier alpha value is -3.28. The summed E-state index contributed by atoms with van der Waals surface area (Å²) < 4.78 is 5.21. The predicted octanol–water partition coefficient (Wildman–Crippen LogP) is 3.56. The molecule has 1 aromatic heterocycles. The number of H-pyrrole nitrogens is 1. The zero-order valence-electron chi connectivity index (χ0n) is 14.4. The van der Waals surface area contributed by atoms with Crippen molar-refractivity contribution in [3.63, 3.8) is 0 Å². The van der Waals surface area contributed by atoms with Crippen molar-refractivity contribution in [3.05, 3.63) is 54.2 Å². The molecule has 0 atom stereocenters.